The number of nitrogens with zero attached hydrogens (tertiary/aromatic N) is 2. The van der Waals surface area contributed by atoms with Gasteiger partial charge in [-0.05, 0) is 53.6 Å². The Hall–Kier alpha value is -4.66. The fraction of sp³-hybridized carbons (Fsp3) is 0.241. The van der Waals surface area contributed by atoms with Crippen molar-refractivity contribution in [3.05, 3.63) is 82.9 Å². The van der Waals surface area contributed by atoms with E-state index in [0.29, 0.717) is 47.3 Å². The molecule has 0 aromatic heterocycles. The molecule has 3 aromatic rings. The average Bonchev–Trinajstić information content (AvgIpc) is 3.51. The highest BCUT2D eigenvalue weighted by atomic mass is 16.7. The highest BCUT2D eigenvalue weighted by molar-refractivity contribution is 6.46. The molecule has 38 heavy (non-hydrogen) atoms. The first-order chi connectivity index (χ1) is 18.4. The predicted molar refractivity (Wildman–Crippen MR) is 139 cm³/mol. The molecule has 1 saturated heterocycles. The normalized spacial score (nSPS) is 19.4. The SMILES string of the molecule is COc1ccc(C2/C(=C(/O)c3ccc4c(c3)N(C)CCO4)C(=O)C(=O)N2Cc2ccc3c(c2)OCO3)cc1. The number of amides is 1. The minimum atomic E-state index is -0.809. The number of methoxy groups -OCH3 is 1. The summed E-state index contributed by atoms with van der Waals surface area (Å²) in [6.45, 7) is 1.53. The van der Waals surface area contributed by atoms with Crippen molar-refractivity contribution in [1.29, 1.82) is 0 Å². The maximum absolute atomic E-state index is 13.5. The van der Waals surface area contributed by atoms with E-state index in [0.717, 1.165) is 11.3 Å². The first-order valence-electron chi connectivity index (χ1n) is 12.2. The number of fused-ring (bicyclic) bond motifs is 2. The number of carbonyl (C=O) groups excluding carboxylic acids is 2. The van der Waals surface area contributed by atoms with Crippen molar-refractivity contribution in [2.75, 3.05) is 39.0 Å². The van der Waals surface area contributed by atoms with Crippen LogP contribution in [0.2, 0.25) is 0 Å². The minimum absolute atomic E-state index is 0.0280. The summed E-state index contributed by atoms with van der Waals surface area (Å²) < 4.78 is 21.9. The lowest BCUT2D eigenvalue weighted by atomic mass is 9.94. The highest BCUT2D eigenvalue weighted by Crippen LogP contribution is 2.43. The summed E-state index contributed by atoms with van der Waals surface area (Å²) in [7, 11) is 3.50. The van der Waals surface area contributed by atoms with Crippen LogP contribution in [0, 0.1) is 0 Å². The van der Waals surface area contributed by atoms with Crippen molar-refractivity contribution in [3.63, 3.8) is 0 Å². The van der Waals surface area contributed by atoms with Crippen LogP contribution >= 0.6 is 0 Å². The molecule has 1 amide bonds. The number of ketones is 1. The molecule has 1 N–H and O–H groups in total. The summed E-state index contributed by atoms with van der Waals surface area (Å²) in [5.74, 6) is 0.878. The van der Waals surface area contributed by atoms with Crippen LogP contribution in [0.5, 0.6) is 23.0 Å². The summed E-state index contributed by atoms with van der Waals surface area (Å²) in [5, 5.41) is 11.5. The molecule has 9 nitrogen and oxygen atoms in total. The van der Waals surface area contributed by atoms with Crippen LogP contribution in [-0.2, 0) is 16.1 Å². The van der Waals surface area contributed by atoms with Gasteiger partial charge in [0.15, 0.2) is 11.5 Å². The van der Waals surface area contributed by atoms with Gasteiger partial charge in [0, 0.05) is 19.2 Å². The third-order valence-corrected chi connectivity index (χ3v) is 7.09. The zero-order valence-electron chi connectivity index (χ0n) is 21.0. The van der Waals surface area contributed by atoms with Gasteiger partial charge in [0.1, 0.15) is 23.9 Å². The van der Waals surface area contributed by atoms with Crippen LogP contribution in [-0.4, -0.2) is 55.8 Å². The van der Waals surface area contributed by atoms with Gasteiger partial charge in [-0.2, -0.15) is 0 Å². The number of aliphatic hydroxyl groups is 1. The lowest BCUT2D eigenvalue weighted by Gasteiger charge is -2.28. The first-order valence-corrected chi connectivity index (χ1v) is 12.2. The molecule has 6 rings (SSSR count). The van der Waals surface area contributed by atoms with E-state index >= 15 is 0 Å². The van der Waals surface area contributed by atoms with Crippen LogP contribution in [0.1, 0.15) is 22.7 Å². The summed E-state index contributed by atoms with van der Waals surface area (Å²) >= 11 is 0. The van der Waals surface area contributed by atoms with Crippen LogP contribution in [0.4, 0.5) is 5.69 Å². The van der Waals surface area contributed by atoms with Crippen molar-refractivity contribution in [1.82, 2.24) is 4.90 Å². The van der Waals surface area contributed by atoms with E-state index in [4.69, 9.17) is 18.9 Å². The molecule has 3 aliphatic rings. The van der Waals surface area contributed by atoms with Crippen molar-refractivity contribution in [2.24, 2.45) is 0 Å². The summed E-state index contributed by atoms with van der Waals surface area (Å²) in [5.41, 5.74) is 2.70. The number of aliphatic hydroxyl groups excluding tert-OH is 1. The van der Waals surface area contributed by atoms with E-state index < -0.39 is 17.7 Å². The minimum Gasteiger partial charge on any atom is -0.507 e. The fourth-order valence-electron chi connectivity index (χ4n) is 5.07. The number of benzene rings is 3. The largest absolute Gasteiger partial charge is 0.507 e. The molecule has 3 aromatic carbocycles. The third kappa shape index (κ3) is 3.96. The molecule has 0 saturated carbocycles. The van der Waals surface area contributed by atoms with Gasteiger partial charge in [-0.1, -0.05) is 18.2 Å². The summed E-state index contributed by atoms with van der Waals surface area (Å²) in [4.78, 5) is 30.4. The molecule has 1 fully saturated rings. The molecule has 0 radical (unpaired) electrons. The van der Waals surface area contributed by atoms with E-state index in [9.17, 15) is 14.7 Å². The van der Waals surface area contributed by atoms with Crippen LogP contribution in [0.15, 0.2) is 66.2 Å². The van der Waals surface area contributed by atoms with Gasteiger partial charge in [0.25, 0.3) is 11.7 Å². The van der Waals surface area contributed by atoms with E-state index in [1.165, 1.54) is 4.90 Å². The molecule has 0 aliphatic carbocycles. The Balaban J connectivity index is 1.45. The zero-order chi connectivity index (χ0) is 26.4. The van der Waals surface area contributed by atoms with Crippen LogP contribution in [0.25, 0.3) is 5.76 Å². The second-order valence-corrected chi connectivity index (χ2v) is 9.34. The maximum atomic E-state index is 13.5. The number of anilines is 1. The Morgan fingerprint density at radius 2 is 1.74 bits per heavy atom. The van der Waals surface area contributed by atoms with E-state index in [1.54, 1.807) is 61.7 Å². The summed E-state index contributed by atoms with van der Waals surface area (Å²) in [6.07, 6.45) is 0. The van der Waals surface area contributed by atoms with Gasteiger partial charge < -0.3 is 33.9 Å². The zero-order valence-corrected chi connectivity index (χ0v) is 21.0. The van der Waals surface area contributed by atoms with E-state index in [1.807, 2.05) is 18.0 Å². The molecule has 9 heteroatoms. The van der Waals surface area contributed by atoms with Crippen LogP contribution in [0.3, 0.4) is 0 Å². The lowest BCUT2D eigenvalue weighted by Crippen LogP contribution is -2.29. The Labute approximate surface area is 219 Å². The third-order valence-electron chi connectivity index (χ3n) is 7.09. The quantitative estimate of drug-likeness (QED) is 0.311. The number of carbonyl (C=O) groups is 2. The molecule has 0 bridgehead atoms. The standard InChI is InChI=1S/C29H26N2O7/c1-30-11-12-36-22-10-6-19(14-21(22)30)27(32)25-26(18-4-7-20(35-2)8-5-18)31(29(34)28(25)33)15-17-3-9-23-24(13-17)38-16-37-23/h3-10,13-14,26,32H,11-12,15-16H2,1-2H3/b27-25-. The molecule has 3 heterocycles. The number of ether oxygens (including phenoxy) is 4. The first kappa shape index (κ1) is 23.7. The second kappa shape index (κ2) is 9.33. The van der Waals surface area contributed by atoms with E-state index in [-0.39, 0.29) is 24.7 Å². The number of likely N-dealkylation sites (tertiary alicyclic amines) is 1. The average molecular weight is 515 g/mol. The molecule has 1 atom stereocenters. The molecule has 3 aliphatic heterocycles. The monoisotopic (exact) mass is 514 g/mol. The number of rotatable bonds is 5. The molecule has 194 valence electrons. The van der Waals surface area contributed by atoms with Gasteiger partial charge in [0.05, 0.1) is 31.0 Å². The number of Topliss-reactive ketones (excluding diaryl/α,β-unsaturated/α-hetero) is 1. The maximum Gasteiger partial charge on any atom is 0.295 e. The van der Waals surface area contributed by atoms with Crippen LogP contribution < -0.4 is 23.8 Å². The Kier molecular flexibility index (Phi) is 5.83. The fourth-order valence-corrected chi connectivity index (χ4v) is 5.07. The Morgan fingerprint density at radius 3 is 2.53 bits per heavy atom. The van der Waals surface area contributed by atoms with Crippen molar-refractivity contribution in [2.45, 2.75) is 12.6 Å². The number of hydrogen-bond acceptors (Lipinski definition) is 8. The van der Waals surface area contributed by atoms with E-state index in [2.05, 4.69) is 0 Å². The van der Waals surface area contributed by atoms with Gasteiger partial charge >= 0.3 is 0 Å². The molecular formula is C29H26N2O7. The Bertz CT molecular complexity index is 1460. The topological polar surface area (TPSA) is 97.8 Å². The highest BCUT2D eigenvalue weighted by Gasteiger charge is 2.46. The van der Waals surface area contributed by atoms with Crippen molar-refractivity contribution < 1.29 is 33.6 Å². The van der Waals surface area contributed by atoms with Gasteiger partial charge in [0.2, 0.25) is 6.79 Å². The van der Waals surface area contributed by atoms with Gasteiger partial charge in [-0.3, -0.25) is 9.59 Å². The molecule has 1 unspecified atom stereocenters. The molecule has 0 spiro atoms. The lowest BCUT2D eigenvalue weighted by molar-refractivity contribution is -0.140. The smallest absolute Gasteiger partial charge is 0.295 e. The van der Waals surface area contributed by atoms with Gasteiger partial charge in [-0.25, -0.2) is 0 Å². The van der Waals surface area contributed by atoms with Gasteiger partial charge in [-0.15, -0.1) is 0 Å². The number of likely N-dealkylation sites (N-methyl/N-ethyl adjacent to an activating group) is 1. The molecular weight excluding hydrogens is 488 g/mol. The second-order valence-electron chi connectivity index (χ2n) is 9.34. The Morgan fingerprint density at radius 1 is 0.974 bits per heavy atom. The van der Waals surface area contributed by atoms with Crippen molar-refractivity contribution >= 4 is 23.1 Å². The summed E-state index contributed by atoms with van der Waals surface area (Å²) in [6, 6.07) is 17.0. The van der Waals surface area contributed by atoms with Crippen molar-refractivity contribution in [3.8, 4) is 23.0 Å². The number of hydrogen-bond donors (Lipinski definition) is 1. The predicted octanol–water partition coefficient (Wildman–Crippen LogP) is 3.87.